The molecular weight excluding hydrogens is 342 g/mol. The van der Waals surface area contributed by atoms with Crippen LogP contribution in [0.3, 0.4) is 0 Å². The Balaban J connectivity index is 1.68. The van der Waals surface area contributed by atoms with Crippen LogP contribution in [0.5, 0.6) is 0 Å². The Kier molecular flexibility index (Phi) is 3.95. The molecule has 2 amide bonds. The first-order valence-corrected chi connectivity index (χ1v) is 8.13. The number of anilines is 1. The van der Waals surface area contributed by atoms with E-state index >= 15 is 0 Å². The minimum atomic E-state index is -0.787. The molecule has 0 bridgehead atoms. The number of hydrogen-bond acceptors (Lipinski definition) is 4. The van der Waals surface area contributed by atoms with Crippen LogP contribution >= 0.6 is 0 Å². The molecule has 1 atom stereocenters. The molecule has 2 aliphatic rings. The highest BCUT2D eigenvalue weighted by Gasteiger charge is 2.49. The molecule has 1 unspecified atom stereocenters. The molecule has 0 radical (unpaired) electrons. The lowest BCUT2D eigenvalue weighted by Gasteiger charge is -2.27. The van der Waals surface area contributed by atoms with Crippen molar-refractivity contribution in [2.24, 2.45) is 5.11 Å². The van der Waals surface area contributed by atoms with Crippen LogP contribution in [0.1, 0.15) is 5.56 Å². The van der Waals surface area contributed by atoms with Gasteiger partial charge in [0.15, 0.2) is 0 Å². The second-order valence-corrected chi connectivity index (χ2v) is 6.08. The summed E-state index contributed by atoms with van der Waals surface area (Å²) in [5.74, 6) is -2.29. The van der Waals surface area contributed by atoms with Gasteiger partial charge in [-0.25, -0.2) is 13.6 Å². The van der Waals surface area contributed by atoms with Gasteiger partial charge in [-0.15, -0.1) is 0 Å². The minimum Gasteiger partial charge on any atom is -0.326 e. The highest BCUT2D eigenvalue weighted by Crippen LogP contribution is 2.27. The second kappa shape index (κ2) is 6.29. The molecule has 1 saturated heterocycles. The summed E-state index contributed by atoms with van der Waals surface area (Å²) in [5.41, 5.74) is 0.966. The van der Waals surface area contributed by atoms with Crippen molar-refractivity contribution in [2.45, 2.75) is 12.8 Å². The third-order valence-electron chi connectivity index (χ3n) is 4.50. The maximum absolute atomic E-state index is 13.9. The van der Waals surface area contributed by atoms with Gasteiger partial charge in [-0.1, -0.05) is 12.1 Å². The largest absolute Gasteiger partial charge is 0.502 e. The van der Waals surface area contributed by atoms with Gasteiger partial charge in [0, 0.05) is 23.9 Å². The van der Waals surface area contributed by atoms with Crippen LogP contribution < -0.4 is 4.90 Å². The van der Waals surface area contributed by atoms with Gasteiger partial charge in [-0.2, -0.15) is 0 Å². The Morgan fingerprint density at radius 3 is 2.42 bits per heavy atom. The lowest BCUT2D eigenvalue weighted by molar-refractivity contribution is -0.535. The van der Waals surface area contributed by atoms with Gasteiger partial charge < -0.3 is 4.90 Å². The van der Waals surface area contributed by atoms with Gasteiger partial charge in [0.2, 0.25) is 6.54 Å². The lowest BCUT2D eigenvalue weighted by Crippen LogP contribution is -2.51. The van der Waals surface area contributed by atoms with Crippen LogP contribution in [0.2, 0.25) is 0 Å². The van der Waals surface area contributed by atoms with Gasteiger partial charge in [0.1, 0.15) is 11.6 Å². The van der Waals surface area contributed by atoms with Crippen molar-refractivity contribution in [2.75, 3.05) is 18.0 Å². The van der Waals surface area contributed by atoms with Crippen LogP contribution in [0, 0.1) is 11.6 Å². The highest BCUT2D eigenvalue weighted by atomic mass is 19.1. The van der Waals surface area contributed by atoms with Gasteiger partial charge in [0.25, 0.3) is 6.29 Å². The molecule has 8 heteroatoms. The second-order valence-electron chi connectivity index (χ2n) is 6.08. The van der Waals surface area contributed by atoms with Crippen molar-refractivity contribution in [1.82, 2.24) is 4.90 Å². The average molecular weight is 357 g/mol. The standard InChI is InChI=1S/C18H15F2N4O2/c19-13-5-7-14(8-6-13)22-9-10-23-16(25)17(26)24(21-18(22)23)11-12-3-1-2-4-15(12)20/h1-8,18H,9-11H2/q+1. The molecule has 1 fully saturated rings. The third kappa shape index (κ3) is 2.73. The first-order valence-electron chi connectivity index (χ1n) is 8.13. The zero-order valence-corrected chi connectivity index (χ0v) is 13.7. The number of hydrogen-bond donors (Lipinski definition) is 0. The fourth-order valence-electron chi connectivity index (χ4n) is 3.15. The normalized spacial score (nSPS) is 19.6. The molecule has 132 valence electrons. The van der Waals surface area contributed by atoms with Crippen molar-refractivity contribution in [1.29, 1.82) is 0 Å². The van der Waals surface area contributed by atoms with E-state index in [1.54, 1.807) is 35.2 Å². The summed E-state index contributed by atoms with van der Waals surface area (Å²) in [6.45, 7) is 0.675. The Bertz CT molecular complexity index is 914. The molecule has 0 aromatic heterocycles. The summed E-state index contributed by atoms with van der Waals surface area (Å²) in [6, 6.07) is 11.9. The summed E-state index contributed by atoms with van der Waals surface area (Å²) >= 11 is 0. The van der Waals surface area contributed by atoms with Crippen LogP contribution in [-0.4, -0.2) is 40.8 Å². The maximum Gasteiger partial charge on any atom is 0.502 e. The number of carbonyl (C=O) groups is 2. The molecular formula is C18H15F2N4O2+. The molecule has 6 nitrogen and oxygen atoms in total. The molecule has 2 aliphatic heterocycles. The minimum absolute atomic E-state index is 0.126. The Morgan fingerprint density at radius 2 is 1.69 bits per heavy atom. The Morgan fingerprint density at radius 1 is 1.00 bits per heavy atom. The SMILES string of the molecule is O=C1C(=O)[N+](Cc2ccccc2F)=NC2N1CCN2c1ccc(F)cc1. The van der Waals surface area contributed by atoms with E-state index in [0.717, 1.165) is 4.70 Å². The topological polar surface area (TPSA) is 56.0 Å². The van der Waals surface area contributed by atoms with Crippen molar-refractivity contribution >= 4 is 17.5 Å². The summed E-state index contributed by atoms with van der Waals surface area (Å²) < 4.78 is 28.1. The number of carbonyl (C=O) groups excluding carboxylic acids is 2. The fourth-order valence-corrected chi connectivity index (χ4v) is 3.15. The predicted octanol–water partition coefficient (Wildman–Crippen LogP) is 2.10. The maximum atomic E-state index is 13.9. The van der Waals surface area contributed by atoms with E-state index < -0.39 is 23.9 Å². The molecule has 2 heterocycles. The first kappa shape index (κ1) is 16.3. The Hall–Kier alpha value is -3.16. The number of azo groups is 2. The van der Waals surface area contributed by atoms with Crippen LogP contribution in [0.25, 0.3) is 0 Å². The fraction of sp³-hybridized carbons (Fsp3) is 0.222. The van der Waals surface area contributed by atoms with E-state index in [0.29, 0.717) is 18.8 Å². The predicted molar refractivity (Wildman–Crippen MR) is 87.0 cm³/mol. The molecule has 0 N–H and O–H groups in total. The molecule has 0 aliphatic carbocycles. The van der Waals surface area contributed by atoms with E-state index in [1.807, 2.05) is 0 Å². The van der Waals surface area contributed by atoms with Crippen molar-refractivity contribution < 1.29 is 23.1 Å². The van der Waals surface area contributed by atoms with Gasteiger partial charge >= 0.3 is 11.8 Å². The van der Waals surface area contributed by atoms with Gasteiger partial charge in [-0.05, 0) is 41.1 Å². The lowest BCUT2D eigenvalue weighted by atomic mass is 10.2. The summed E-state index contributed by atoms with van der Waals surface area (Å²) in [5, 5.41) is 4.35. The molecule has 0 spiro atoms. The number of nitrogens with zero attached hydrogens (tertiary/aromatic N) is 4. The van der Waals surface area contributed by atoms with Gasteiger partial charge in [0.05, 0.1) is 5.56 Å². The highest BCUT2D eigenvalue weighted by molar-refractivity contribution is 6.31. The van der Waals surface area contributed by atoms with E-state index in [-0.39, 0.29) is 17.9 Å². The van der Waals surface area contributed by atoms with E-state index in [9.17, 15) is 18.4 Å². The van der Waals surface area contributed by atoms with Crippen LogP contribution in [0.15, 0.2) is 53.6 Å². The van der Waals surface area contributed by atoms with Crippen molar-refractivity contribution in [3.05, 3.63) is 65.7 Å². The number of rotatable bonds is 3. The monoisotopic (exact) mass is 357 g/mol. The number of benzene rings is 2. The van der Waals surface area contributed by atoms with E-state index in [2.05, 4.69) is 5.11 Å². The van der Waals surface area contributed by atoms with Crippen molar-refractivity contribution in [3.8, 4) is 0 Å². The van der Waals surface area contributed by atoms with E-state index in [4.69, 9.17) is 0 Å². The number of amides is 2. The quantitative estimate of drug-likeness (QED) is 0.624. The number of fused-ring (bicyclic) bond motifs is 1. The molecule has 2 aromatic rings. The zero-order chi connectivity index (χ0) is 18.3. The average Bonchev–Trinajstić information content (AvgIpc) is 3.06. The summed E-state index contributed by atoms with van der Waals surface area (Å²) in [6.07, 6.45) is -0.711. The smallest absolute Gasteiger partial charge is 0.326 e. The van der Waals surface area contributed by atoms with Crippen molar-refractivity contribution in [3.63, 3.8) is 0 Å². The first-order chi connectivity index (χ1) is 12.5. The third-order valence-corrected chi connectivity index (χ3v) is 4.50. The summed E-state index contributed by atoms with van der Waals surface area (Å²) in [7, 11) is 0. The zero-order valence-electron chi connectivity index (χ0n) is 13.7. The van der Waals surface area contributed by atoms with Gasteiger partial charge in [-0.3, -0.25) is 9.69 Å². The molecule has 0 saturated carbocycles. The molecule has 26 heavy (non-hydrogen) atoms. The van der Waals surface area contributed by atoms with Crippen LogP contribution in [-0.2, 0) is 16.1 Å². The van der Waals surface area contributed by atoms with Crippen LogP contribution in [0.4, 0.5) is 14.5 Å². The summed E-state index contributed by atoms with van der Waals surface area (Å²) in [4.78, 5) is 27.9. The number of halogens is 2. The molecule has 2 aromatic carbocycles. The Labute approximate surface area is 147 Å². The molecule has 4 rings (SSSR count). The van der Waals surface area contributed by atoms with E-state index in [1.165, 1.54) is 23.1 Å².